The molecule has 0 amide bonds. The molecule has 3 nitrogen and oxygen atoms in total. The lowest BCUT2D eigenvalue weighted by molar-refractivity contribution is 0.652. The van der Waals surface area contributed by atoms with Crippen LogP contribution in [0.15, 0.2) is 30.5 Å². The van der Waals surface area contributed by atoms with Crippen LogP contribution in [0.3, 0.4) is 0 Å². The van der Waals surface area contributed by atoms with E-state index >= 15 is 0 Å². The maximum atomic E-state index is 6.35. The van der Waals surface area contributed by atoms with Crippen LogP contribution in [-0.4, -0.2) is 16.8 Å². The molecule has 0 fully saturated rings. The first-order valence-corrected chi connectivity index (χ1v) is 6.54. The molecule has 1 unspecified atom stereocenters. The van der Waals surface area contributed by atoms with Crippen molar-refractivity contribution in [1.29, 1.82) is 0 Å². The van der Waals surface area contributed by atoms with Gasteiger partial charge < -0.3 is 5.32 Å². The van der Waals surface area contributed by atoms with Gasteiger partial charge in [-0.3, -0.25) is 4.68 Å². The Balaban J connectivity index is 2.40. The van der Waals surface area contributed by atoms with Gasteiger partial charge in [0, 0.05) is 29.4 Å². The lowest BCUT2D eigenvalue weighted by atomic mass is 10.0. The van der Waals surface area contributed by atoms with Crippen molar-refractivity contribution in [2.45, 2.75) is 26.4 Å². The Hall–Kier alpha value is -1.32. The summed E-state index contributed by atoms with van der Waals surface area (Å²) in [7, 11) is 1.93. The standard InChI is InChI=1S/C14H18ClN3/c1-4-18-14(7-8-17-18)11-5-6-12(10(2)16-3)13(15)9-11/h5-10,16H,4H2,1-3H3. The summed E-state index contributed by atoms with van der Waals surface area (Å²) in [5.41, 5.74) is 3.32. The first kappa shape index (κ1) is 13.1. The summed E-state index contributed by atoms with van der Waals surface area (Å²) in [6.45, 7) is 5.03. The smallest absolute Gasteiger partial charge is 0.0682 e. The van der Waals surface area contributed by atoms with Gasteiger partial charge in [-0.15, -0.1) is 0 Å². The van der Waals surface area contributed by atoms with Gasteiger partial charge in [-0.05, 0) is 38.6 Å². The monoisotopic (exact) mass is 263 g/mol. The Morgan fingerprint density at radius 2 is 2.17 bits per heavy atom. The summed E-state index contributed by atoms with van der Waals surface area (Å²) < 4.78 is 1.97. The fourth-order valence-electron chi connectivity index (χ4n) is 2.02. The highest BCUT2D eigenvalue weighted by Gasteiger charge is 2.10. The van der Waals surface area contributed by atoms with E-state index in [1.165, 1.54) is 0 Å². The van der Waals surface area contributed by atoms with Gasteiger partial charge in [0.1, 0.15) is 0 Å². The zero-order valence-corrected chi connectivity index (χ0v) is 11.7. The predicted molar refractivity (Wildman–Crippen MR) is 75.8 cm³/mol. The molecule has 4 heteroatoms. The van der Waals surface area contributed by atoms with Crippen LogP contribution >= 0.6 is 11.6 Å². The molecule has 1 N–H and O–H groups in total. The van der Waals surface area contributed by atoms with Crippen molar-refractivity contribution in [3.05, 3.63) is 41.0 Å². The molecule has 2 rings (SSSR count). The van der Waals surface area contributed by atoms with E-state index in [9.17, 15) is 0 Å². The molecule has 96 valence electrons. The molecule has 0 radical (unpaired) electrons. The fourth-order valence-corrected chi connectivity index (χ4v) is 2.37. The Morgan fingerprint density at radius 1 is 1.39 bits per heavy atom. The number of nitrogens with zero attached hydrogens (tertiary/aromatic N) is 2. The van der Waals surface area contributed by atoms with E-state index in [4.69, 9.17) is 11.6 Å². The van der Waals surface area contributed by atoms with Crippen molar-refractivity contribution in [3.8, 4) is 11.3 Å². The topological polar surface area (TPSA) is 29.9 Å². The molecule has 0 saturated carbocycles. The van der Waals surface area contributed by atoms with Crippen molar-refractivity contribution >= 4 is 11.6 Å². The summed E-state index contributed by atoms with van der Waals surface area (Å²) >= 11 is 6.35. The highest BCUT2D eigenvalue weighted by Crippen LogP contribution is 2.28. The fraction of sp³-hybridized carbons (Fsp3) is 0.357. The van der Waals surface area contributed by atoms with E-state index in [0.717, 1.165) is 28.4 Å². The lowest BCUT2D eigenvalue weighted by Crippen LogP contribution is -2.12. The third kappa shape index (κ3) is 2.42. The maximum absolute atomic E-state index is 6.35. The van der Waals surface area contributed by atoms with E-state index in [1.54, 1.807) is 0 Å². The van der Waals surface area contributed by atoms with Gasteiger partial charge in [-0.1, -0.05) is 23.7 Å². The van der Waals surface area contributed by atoms with Crippen LogP contribution in [0.1, 0.15) is 25.5 Å². The number of nitrogens with one attached hydrogen (secondary N) is 1. The van der Waals surface area contributed by atoms with Crippen molar-refractivity contribution in [3.63, 3.8) is 0 Å². The van der Waals surface area contributed by atoms with Crippen molar-refractivity contribution in [2.24, 2.45) is 0 Å². The first-order chi connectivity index (χ1) is 8.67. The molecule has 0 aliphatic rings. The summed E-state index contributed by atoms with van der Waals surface area (Å²) in [6, 6.07) is 8.44. The zero-order valence-electron chi connectivity index (χ0n) is 10.9. The SMILES string of the molecule is CCn1nccc1-c1ccc(C(C)NC)c(Cl)c1. The van der Waals surface area contributed by atoms with Gasteiger partial charge in [0.2, 0.25) is 0 Å². The molecule has 1 aromatic carbocycles. The van der Waals surface area contributed by atoms with Gasteiger partial charge in [0.25, 0.3) is 0 Å². The maximum Gasteiger partial charge on any atom is 0.0682 e. The Kier molecular flexibility index (Phi) is 4.04. The van der Waals surface area contributed by atoms with Gasteiger partial charge in [-0.2, -0.15) is 5.10 Å². The second-order valence-corrected chi connectivity index (χ2v) is 4.69. The molecular weight excluding hydrogens is 246 g/mol. The number of hydrogen-bond donors (Lipinski definition) is 1. The minimum atomic E-state index is 0.252. The minimum Gasteiger partial charge on any atom is -0.313 e. The van der Waals surface area contributed by atoms with E-state index in [1.807, 2.05) is 30.1 Å². The predicted octanol–water partition coefficient (Wildman–Crippen LogP) is 3.50. The Bertz CT molecular complexity index is 534. The van der Waals surface area contributed by atoms with E-state index in [0.29, 0.717) is 0 Å². The molecular formula is C14H18ClN3. The van der Waals surface area contributed by atoms with Crippen molar-refractivity contribution in [2.75, 3.05) is 7.05 Å². The molecule has 0 spiro atoms. The van der Waals surface area contributed by atoms with Crippen LogP contribution in [-0.2, 0) is 6.54 Å². The Morgan fingerprint density at radius 3 is 2.78 bits per heavy atom. The van der Waals surface area contributed by atoms with Crippen LogP contribution in [0.2, 0.25) is 5.02 Å². The molecule has 1 atom stereocenters. The third-order valence-corrected chi connectivity index (χ3v) is 3.54. The number of hydrogen-bond acceptors (Lipinski definition) is 2. The zero-order chi connectivity index (χ0) is 13.1. The summed E-state index contributed by atoms with van der Waals surface area (Å²) in [5.74, 6) is 0. The van der Waals surface area contributed by atoms with Crippen molar-refractivity contribution in [1.82, 2.24) is 15.1 Å². The van der Waals surface area contributed by atoms with Crippen molar-refractivity contribution < 1.29 is 0 Å². The second kappa shape index (κ2) is 5.55. The van der Waals surface area contributed by atoms with Crippen LogP contribution in [0, 0.1) is 0 Å². The highest BCUT2D eigenvalue weighted by molar-refractivity contribution is 6.31. The molecule has 0 aliphatic heterocycles. The summed E-state index contributed by atoms with van der Waals surface area (Å²) in [4.78, 5) is 0. The number of benzene rings is 1. The minimum absolute atomic E-state index is 0.252. The third-order valence-electron chi connectivity index (χ3n) is 3.21. The average Bonchev–Trinajstić information content (AvgIpc) is 2.86. The quantitative estimate of drug-likeness (QED) is 0.915. The number of rotatable bonds is 4. The molecule has 1 aromatic heterocycles. The van der Waals surface area contributed by atoms with Crippen LogP contribution in [0.5, 0.6) is 0 Å². The van der Waals surface area contributed by atoms with E-state index < -0.39 is 0 Å². The van der Waals surface area contributed by atoms with Gasteiger partial charge in [0.05, 0.1) is 5.69 Å². The summed E-state index contributed by atoms with van der Waals surface area (Å²) in [5, 5.41) is 8.26. The highest BCUT2D eigenvalue weighted by atomic mass is 35.5. The van der Waals surface area contributed by atoms with Crippen LogP contribution < -0.4 is 5.32 Å². The average molecular weight is 264 g/mol. The Labute approximate surface area is 113 Å². The lowest BCUT2D eigenvalue weighted by Gasteiger charge is -2.14. The van der Waals surface area contributed by atoms with Gasteiger partial charge in [-0.25, -0.2) is 0 Å². The molecule has 2 aromatic rings. The molecule has 0 saturated heterocycles. The van der Waals surface area contributed by atoms with Gasteiger partial charge in [0.15, 0.2) is 0 Å². The van der Waals surface area contributed by atoms with Crippen LogP contribution in [0.25, 0.3) is 11.3 Å². The van der Waals surface area contributed by atoms with Gasteiger partial charge >= 0.3 is 0 Å². The molecule has 1 heterocycles. The first-order valence-electron chi connectivity index (χ1n) is 6.16. The van der Waals surface area contributed by atoms with E-state index in [2.05, 4.69) is 36.4 Å². The number of halogens is 1. The normalized spacial score (nSPS) is 12.7. The van der Waals surface area contributed by atoms with E-state index in [-0.39, 0.29) is 6.04 Å². The second-order valence-electron chi connectivity index (χ2n) is 4.28. The number of aryl methyl sites for hydroxylation is 1. The molecule has 0 aliphatic carbocycles. The largest absolute Gasteiger partial charge is 0.313 e. The molecule has 0 bridgehead atoms. The van der Waals surface area contributed by atoms with Crippen LogP contribution in [0.4, 0.5) is 0 Å². The number of aromatic nitrogens is 2. The summed E-state index contributed by atoms with van der Waals surface area (Å²) in [6.07, 6.45) is 1.82. The molecule has 18 heavy (non-hydrogen) atoms.